The van der Waals surface area contributed by atoms with E-state index in [4.69, 9.17) is 14.6 Å². The predicted octanol–water partition coefficient (Wildman–Crippen LogP) is 2.87. The van der Waals surface area contributed by atoms with E-state index in [1.165, 1.54) is 11.8 Å². The standard InChI is InChI=1S/C52H79N7O14/c1-11-18-35(44(65)49(70)53-28-39(61)62)55-47(68)38-27-34(32-19-14-12-15-20-32)29-59(38)50(71)43(33-21-16-13-17-22-33)58-48(69)42(30(2)3)57-46(67)37(24-26-41(64)73-52(8,9)10)56-45(66)36(54-31(4)60)23-25-40(63)72-51(5,6)7/h12,14-15,19-20,30,33-38,42-43H,11,13,16-18,21-29H2,1-10H3,(H,53,70)(H,54,60)(H,55,68)(H,56,66)(H,57,67)(H,58,69)(H,61,62)/t34-,35?,36?,37?,38+,42?,43?/m1/s1. The molecular weight excluding hydrogens is 947 g/mol. The Hall–Kier alpha value is -6.41. The Morgan fingerprint density at radius 1 is 0.699 bits per heavy atom. The molecule has 0 aromatic heterocycles. The Kier molecular flexibility index (Phi) is 23.5. The number of nitrogens with one attached hydrogen (secondary N) is 6. The molecule has 7 N–H and O–H groups in total. The highest BCUT2D eigenvalue weighted by atomic mass is 16.6. The van der Waals surface area contributed by atoms with Gasteiger partial charge in [-0.1, -0.05) is 76.8 Å². The zero-order chi connectivity index (χ0) is 54.8. The smallest absolute Gasteiger partial charge is 0.322 e. The molecule has 7 atom stereocenters. The van der Waals surface area contributed by atoms with Crippen molar-refractivity contribution in [2.24, 2.45) is 11.8 Å². The van der Waals surface area contributed by atoms with Crippen LogP contribution in [0, 0.1) is 11.8 Å². The van der Waals surface area contributed by atoms with Crippen LogP contribution in [-0.4, -0.2) is 136 Å². The molecule has 0 radical (unpaired) electrons. The van der Waals surface area contributed by atoms with Gasteiger partial charge in [-0.05, 0) is 97.5 Å². The van der Waals surface area contributed by atoms with Gasteiger partial charge in [0.05, 0.1) is 6.04 Å². The SMILES string of the molecule is CCCC(NC(=O)[C@@H]1C[C@@H](c2ccccc2)CN1C(=O)C(NC(=O)C(NC(=O)C(CCC(=O)OC(C)(C)C)NC(=O)C(CCC(=O)OC(C)(C)C)NC(C)=O)C(C)C)C1CCCCC1)C(=O)C(=O)NCC(=O)O. The summed E-state index contributed by atoms with van der Waals surface area (Å²) in [6.45, 7) is 15.5. The number of benzene rings is 1. The van der Waals surface area contributed by atoms with Gasteiger partial charge in [0, 0.05) is 32.2 Å². The molecule has 1 aromatic carbocycles. The second-order valence-electron chi connectivity index (χ2n) is 21.3. The lowest BCUT2D eigenvalue weighted by atomic mass is 9.83. The number of hydrogen-bond donors (Lipinski definition) is 7. The van der Waals surface area contributed by atoms with Gasteiger partial charge in [0.15, 0.2) is 0 Å². The molecule has 21 nitrogen and oxygen atoms in total. The fourth-order valence-electron chi connectivity index (χ4n) is 8.95. The lowest BCUT2D eigenvalue weighted by Crippen LogP contribution is -2.61. The molecule has 1 heterocycles. The number of ketones is 1. The minimum absolute atomic E-state index is 0.0481. The summed E-state index contributed by atoms with van der Waals surface area (Å²) >= 11 is 0. The van der Waals surface area contributed by atoms with Crippen molar-refractivity contribution >= 4 is 65.0 Å². The van der Waals surface area contributed by atoms with Crippen molar-refractivity contribution < 1.29 is 67.3 Å². The average Bonchev–Trinajstić information content (AvgIpc) is 3.76. The summed E-state index contributed by atoms with van der Waals surface area (Å²) in [6, 6.07) is 1.48. The Labute approximate surface area is 428 Å². The lowest BCUT2D eigenvalue weighted by molar-refractivity contribution is -0.156. The van der Waals surface area contributed by atoms with Crippen LogP contribution in [0.4, 0.5) is 0 Å². The van der Waals surface area contributed by atoms with E-state index in [1.807, 2.05) is 35.6 Å². The largest absolute Gasteiger partial charge is 0.480 e. The topological polar surface area (TPSA) is 302 Å². The fraction of sp³-hybridized carbons (Fsp3) is 0.673. The summed E-state index contributed by atoms with van der Waals surface area (Å²) in [7, 11) is 0. The van der Waals surface area contributed by atoms with Crippen LogP contribution in [0.3, 0.4) is 0 Å². The minimum Gasteiger partial charge on any atom is -0.480 e. The van der Waals surface area contributed by atoms with Crippen molar-refractivity contribution in [1.82, 2.24) is 36.8 Å². The first-order valence-electron chi connectivity index (χ1n) is 25.4. The number of carboxylic acids is 1. The first-order chi connectivity index (χ1) is 34.1. The summed E-state index contributed by atoms with van der Waals surface area (Å²) in [6.07, 6.45) is 3.00. The molecule has 3 rings (SSSR count). The van der Waals surface area contributed by atoms with Crippen molar-refractivity contribution in [2.45, 2.75) is 200 Å². The van der Waals surface area contributed by atoms with Gasteiger partial charge in [-0.15, -0.1) is 0 Å². The molecule has 21 heteroatoms. The molecule has 2 aliphatic rings. The van der Waals surface area contributed by atoms with Crippen LogP contribution < -0.4 is 31.9 Å². The molecule has 1 aliphatic carbocycles. The zero-order valence-corrected chi connectivity index (χ0v) is 44.2. The minimum atomic E-state index is -1.46. The van der Waals surface area contributed by atoms with Crippen molar-refractivity contribution in [3.63, 3.8) is 0 Å². The van der Waals surface area contributed by atoms with Crippen LogP contribution in [0.5, 0.6) is 0 Å². The van der Waals surface area contributed by atoms with E-state index < -0.39 is 125 Å². The molecule has 73 heavy (non-hydrogen) atoms. The summed E-state index contributed by atoms with van der Waals surface area (Å²) < 4.78 is 10.8. The van der Waals surface area contributed by atoms with Gasteiger partial charge in [-0.3, -0.25) is 52.7 Å². The number of likely N-dealkylation sites (tertiary alicyclic amines) is 1. The number of esters is 2. The summed E-state index contributed by atoms with van der Waals surface area (Å²) in [5.74, 6) is -10.5. The van der Waals surface area contributed by atoms with Gasteiger partial charge >= 0.3 is 17.9 Å². The third-order valence-corrected chi connectivity index (χ3v) is 12.4. The number of carbonyl (C=O) groups excluding carboxylic acids is 10. The number of nitrogens with zero attached hydrogens (tertiary/aromatic N) is 1. The normalized spacial score (nSPS) is 18.2. The number of ether oxygens (including phenoxy) is 2. The maximum Gasteiger partial charge on any atom is 0.322 e. The monoisotopic (exact) mass is 1030 g/mol. The molecule has 1 aliphatic heterocycles. The second-order valence-corrected chi connectivity index (χ2v) is 21.3. The van der Waals surface area contributed by atoms with Gasteiger partial charge in [-0.25, -0.2) is 0 Å². The van der Waals surface area contributed by atoms with Crippen LogP contribution in [0.2, 0.25) is 0 Å². The maximum atomic E-state index is 15.2. The number of aliphatic carboxylic acids is 1. The Morgan fingerprint density at radius 3 is 1.75 bits per heavy atom. The molecule has 1 saturated carbocycles. The molecule has 2 fully saturated rings. The van der Waals surface area contributed by atoms with Crippen molar-refractivity contribution in [3.05, 3.63) is 35.9 Å². The van der Waals surface area contributed by atoms with Crippen LogP contribution in [0.25, 0.3) is 0 Å². The van der Waals surface area contributed by atoms with E-state index in [1.54, 1.807) is 62.3 Å². The lowest BCUT2D eigenvalue weighted by Gasteiger charge is -2.36. The zero-order valence-electron chi connectivity index (χ0n) is 44.2. The third-order valence-electron chi connectivity index (χ3n) is 12.4. The van der Waals surface area contributed by atoms with Crippen LogP contribution in [0.1, 0.15) is 158 Å². The number of carbonyl (C=O) groups is 11. The molecular formula is C52H79N7O14. The third kappa shape index (κ3) is 20.6. The van der Waals surface area contributed by atoms with Gasteiger partial charge in [0.25, 0.3) is 5.91 Å². The van der Waals surface area contributed by atoms with E-state index in [-0.39, 0.29) is 56.9 Å². The quantitative estimate of drug-likeness (QED) is 0.0548. The molecule has 7 amide bonds. The number of Topliss-reactive ketones (excluding diaryl/α,β-unsaturated/α-hetero) is 1. The summed E-state index contributed by atoms with van der Waals surface area (Å²) in [4.78, 5) is 149. The highest BCUT2D eigenvalue weighted by Crippen LogP contribution is 2.35. The fourth-order valence-corrected chi connectivity index (χ4v) is 8.95. The highest BCUT2D eigenvalue weighted by molar-refractivity contribution is 6.38. The molecule has 0 spiro atoms. The molecule has 1 saturated heterocycles. The summed E-state index contributed by atoms with van der Waals surface area (Å²) in [5.41, 5.74) is -0.847. The number of hydrogen-bond acceptors (Lipinski definition) is 13. The van der Waals surface area contributed by atoms with Crippen molar-refractivity contribution in [1.29, 1.82) is 0 Å². The number of rotatable bonds is 25. The summed E-state index contributed by atoms with van der Waals surface area (Å²) in [5, 5.41) is 24.5. The van der Waals surface area contributed by atoms with E-state index in [2.05, 4.69) is 26.6 Å². The van der Waals surface area contributed by atoms with E-state index >= 15 is 4.79 Å². The molecule has 0 bridgehead atoms. The Balaban J connectivity index is 1.98. The van der Waals surface area contributed by atoms with Crippen molar-refractivity contribution in [3.8, 4) is 0 Å². The highest BCUT2D eigenvalue weighted by Gasteiger charge is 2.46. The average molecular weight is 1030 g/mol. The first kappa shape index (κ1) is 60.9. The predicted molar refractivity (Wildman–Crippen MR) is 267 cm³/mol. The van der Waals surface area contributed by atoms with Gasteiger partial charge in [0.2, 0.25) is 41.2 Å². The second kappa shape index (κ2) is 28.2. The van der Waals surface area contributed by atoms with Crippen molar-refractivity contribution in [2.75, 3.05) is 13.1 Å². The maximum absolute atomic E-state index is 15.2. The number of amides is 7. The Bertz CT molecular complexity index is 2130. The van der Waals surface area contributed by atoms with E-state index in [0.29, 0.717) is 19.3 Å². The van der Waals surface area contributed by atoms with Gasteiger partial charge < -0.3 is 51.4 Å². The Morgan fingerprint density at radius 2 is 1.25 bits per heavy atom. The van der Waals surface area contributed by atoms with Gasteiger partial charge in [0.1, 0.15) is 48.0 Å². The van der Waals surface area contributed by atoms with Crippen LogP contribution in [-0.2, 0) is 62.2 Å². The molecule has 406 valence electrons. The molecule has 5 unspecified atom stereocenters. The van der Waals surface area contributed by atoms with Crippen LogP contribution in [0.15, 0.2) is 30.3 Å². The first-order valence-corrected chi connectivity index (χ1v) is 25.4. The van der Waals surface area contributed by atoms with Crippen LogP contribution >= 0.6 is 0 Å². The molecule has 1 aromatic rings. The van der Waals surface area contributed by atoms with E-state index in [0.717, 1.165) is 24.8 Å². The van der Waals surface area contributed by atoms with Gasteiger partial charge in [-0.2, -0.15) is 0 Å². The number of carboxylic acid groups (broad SMARTS) is 1. The van der Waals surface area contributed by atoms with E-state index in [9.17, 15) is 47.9 Å².